The zero-order chi connectivity index (χ0) is 14.7. The number of nitrogens with zero attached hydrogens (tertiary/aromatic N) is 1. The van der Waals surface area contributed by atoms with Gasteiger partial charge in [-0.2, -0.15) is 0 Å². The molecule has 0 radical (unpaired) electrons. The molecule has 2 fully saturated rings. The Bertz CT molecular complexity index is 462. The lowest BCUT2D eigenvalue weighted by Crippen LogP contribution is -2.21. The fourth-order valence-corrected chi connectivity index (χ4v) is 4.49. The number of hydrogen-bond donors (Lipinski definition) is 1. The van der Waals surface area contributed by atoms with Crippen LogP contribution in [0.2, 0.25) is 0 Å². The first-order valence-corrected chi connectivity index (χ1v) is 9.26. The predicted octanol–water partition coefficient (Wildman–Crippen LogP) is 4.18. The Morgan fingerprint density at radius 2 is 2.00 bits per heavy atom. The SMILES string of the molecule is CCCNCc1ccc(CN2CC3CCCC3C2)c(Br)c1. The summed E-state index contributed by atoms with van der Waals surface area (Å²) in [6.07, 6.45) is 5.58. The van der Waals surface area contributed by atoms with Gasteiger partial charge in [-0.1, -0.05) is 41.4 Å². The van der Waals surface area contributed by atoms with Gasteiger partial charge in [-0.3, -0.25) is 4.90 Å². The van der Waals surface area contributed by atoms with Crippen LogP contribution in [-0.4, -0.2) is 24.5 Å². The molecule has 2 unspecified atom stereocenters. The van der Waals surface area contributed by atoms with Gasteiger partial charge >= 0.3 is 0 Å². The van der Waals surface area contributed by atoms with Crippen molar-refractivity contribution in [3.63, 3.8) is 0 Å². The fourth-order valence-electron chi connectivity index (χ4n) is 3.94. The second kappa shape index (κ2) is 7.26. The second-order valence-corrected chi connectivity index (χ2v) is 7.60. The first-order chi connectivity index (χ1) is 10.3. The van der Waals surface area contributed by atoms with Crippen molar-refractivity contribution in [2.24, 2.45) is 11.8 Å². The maximum Gasteiger partial charge on any atom is 0.0245 e. The topological polar surface area (TPSA) is 15.3 Å². The van der Waals surface area contributed by atoms with Crippen LogP contribution in [0, 0.1) is 11.8 Å². The Morgan fingerprint density at radius 1 is 1.24 bits per heavy atom. The molecule has 21 heavy (non-hydrogen) atoms. The molecule has 2 nitrogen and oxygen atoms in total. The first-order valence-electron chi connectivity index (χ1n) is 8.46. The molecule has 1 saturated heterocycles. The van der Waals surface area contributed by atoms with Gasteiger partial charge in [0.15, 0.2) is 0 Å². The lowest BCUT2D eigenvalue weighted by atomic mass is 10.0. The summed E-state index contributed by atoms with van der Waals surface area (Å²) in [5.74, 6) is 1.97. The highest BCUT2D eigenvalue weighted by Crippen LogP contribution is 2.38. The van der Waals surface area contributed by atoms with E-state index in [0.717, 1.165) is 31.5 Å². The minimum Gasteiger partial charge on any atom is -0.313 e. The van der Waals surface area contributed by atoms with Crippen molar-refractivity contribution < 1.29 is 0 Å². The van der Waals surface area contributed by atoms with Crippen molar-refractivity contribution in [1.82, 2.24) is 10.2 Å². The van der Waals surface area contributed by atoms with Crippen molar-refractivity contribution >= 4 is 15.9 Å². The summed E-state index contributed by atoms with van der Waals surface area (Å²) >= 11 is 3.77. The van der Waals surface area contributed by atoms with Crippen molar-refractivity contribution in [3.05, 3.63) is 33.8 Å². The van der Waals surface area contributed by atoms with Gasteiger partial charge < -0.3 is 5.32 Å². The lowest BCUT2D eigenvalue weighted by molar-refractivity contribution is 0.303. The summed E-state index contributed by atoms with van der Waals surface area (Å²) in [6.45, 7) is 8.01. The molecule has 0 bridgehead atoms. The van der Waals surface area contributed by atoms with E-state index in [1.807, 2.05) is 0 Å². The van der Waals surface area contributed by atoms with E-state index in [9.17, 15) is 0 Å². The third-order valence-corrected chi connectivity index (χ3v) is 5.81. The summed E-state index contributed by atoms with van der Waals surface area (Å²) in [5, 5.41) is 3.47. The van der Waals surface area contributed by atoms with Gasteiger partial charge in [0.2, 0.25) is 0 Å². The van der Waals surface area contributed by atoms with Gasteiger partial charge in [-0.25, -0.2) is 0 Å². The van der Waals surface area contributed by atoms with Crippen molar-refractivity contribution in [2.75, 3.05) is 19.6 Å². The molecule has 116 valence electrons. The molecule has 1 aromatic rings. The summed E-state index contributed by atoms with van der Waals surface area (Å²) in [5.41, 5.74) is 2.81. The zero-order valence-corrected chi connectivity index (χ0v) is 14.7. The molecule has 1 N–H and O–H groups in total. The van der Waals surface area contributed by atoms with E-state index in [1.165, 1.54) is 54.4 Å². The molecule has 0 amide bonds. The van der Waals surface area contributed by atoms with E-state index in [1.54, 1.807) is 0 Å². The molecule has 3 heteroatoms. The molecule has 1 aromatic carbocycles. The normalized spacial score (nSPS) is 25.4. The number of likely N-dealkylation sites (tertiary alicyclic amines) is 1. The third kappa shape index (κ3) is 3.88. The van der Waals surface area contributed by atoms with Crippen LogP contribution >= 0.6 is 15.9 Å². The Hall–Kier alpha value is -0.380. The first kappa shape index (κ1) is 15.5. The van der Waals surface area contributed by atoms with E-state index in [0.29, 0.717) is 0 Å². The Balaban J connectivity index is 1.56. The summed E-state index contributed by atoms with van der Waals surface area (Å²) in [4.78, 5) is 2.66. The fraction of sp³-hybridized carbons (Fsp3) is 0.667. The van der Waals surface area contributed by atoms with Crippen LogP contribution < -0.4 is 5.32 Å². The van der Waals surface area contributed by atoms with E-state index >= 15 is 0 Å². The summed E-state index contributed by atoms with van der Waals surface area (Å²) in [7, 11) is 0. The van der Waals surface area contributed by atoms with Crippen molar-refractivity contribution in [3.8, 4) is 0 Å². The highest BCUT2D eigenvalue weighted by atomic mass is 79.9. The average Bonchev–Trinajstić information content (AvgIpc) is 3.03. The minimum atomic E-state index is 0.973. The highest BCUT2D eigenvalue weighted by Gasteiger charge is 2.35. The molecule has 1 saturated carbocycles. The van der Waals surface area contributed by atoms with Crippen LogP contribution in [0.3, 0.4) is 0 Å². The van der Waals surface area contributed by atoms with Gasteiger partial charge in [0, 0.05) is 30.7 Å². The van der Waals surface area contributed by atoms with Gasteiger partial charge in [0.1, 0.15) is 0 Å². The smallest absolute Gasteiger partial charge is 0.0245 e. The standard InChI is InChI=1S/C18H27BrN2/c1-2-8-20-10-14-6-7-17(18(19)9-14)13-21-11-15-4-3-5-16(15)12-21/h6-7,9,15-16,20H,2-5,8,10-13H2,1H3. The van der Waals surface area contributed by atoms with E-state index < -0.39 is 0 Å². The van der Waals surface area contributed by atoms with E-state index in [2.05, 4.69) is 51.3 Å². The van der Waals surface area contributed by atoms with Gasteiger partial charge in [0.25, 0.3) is 0 Å². The summed E-state index contributed by atoms with van der Waals surface area (Å²) in [6, 6.07) is 6.87. The number of rotatable bonds is 6. The molecular formula is C18H27BrN2. The van der Waals surface area contributed by atoms with Crippen LogP contribution in [0.1, 0.15) is 43.7 Å². The molecule has 3 rings (SSSR count). The maximum absolute atomic E-state index is 3.77. The van der Waals surface area contributed by atoms with Gasteiger partial charge in [0.05, 0.1) is 0 Å². The zero-order valence-electron chi connectivity index (χ0n) is 13.1. The van der Waals surface area contributed by atoms with Gasteiger partial charge in [-0.15, -0.1) is 0 Å². The quantitative estimate of drug-likeness (QED) is 0.774. The van der Waals surface area contributed by atoms with E-state index in [-0.39, 0.29) is 0 Å². The predicted molar refractivity (Wildman–Crippen MR) is 92.2 cm³/mol. The molecule has 0 spiro atoms. The third-order valence-electron chi connectivity index (χ3n) is 5.07. The second-order valence-electron chi connectivity index (χ2n) is 6.75. The number of halogens is 1. The van der Waals surface area contributed by atoms with Crippen LogP contribution in [0.5, 0.6) is 0 Å². The Kier molecular flexibility index (Phi) is 5.36. The molecule has 1 aliphatic carbocycles. The molecule has 0 aromatic heterocycles. The average molecular weight is 351 g/mol. The van der Waals surface area contributed by atoms with Crippen molar-refractivity contribution in [2.45, 2.75) is 45.7 Å². The van der Waals surface area contributed by atoms with E-state index in [4.69, 9.17) is 0 Å². The van der Waals surface area contributed by atoms with Crippen LogP contribution in [0.4, 0.5) is 0 Å². The Labute approximate surface area is 137 Å². The molecule has 1 heterocycles. The number of hydrogen-bond acceptors (Lipinski definition) is 2. The number of benzene rings is 1. The monoisotopic (exact) mass is 350 g/mol. The van der Waals surface area contributed by atoms with Crippen LogP contribution in [-0.2, 0) is 13.1 Å². The molecule has 2 aliphatic rings. The van der Waals surface area contributed by atoms with Gasteiger partial charge in [-0.05, 0) is 54.8 Å². The molecular weight excluding hydrogens is 324 g/mol. The van der Waals surface area contributed by atoms with Crippen LogP contribution in [0.25, 0.3) is 0 Å². The lowest BCUT2D eigenvalue weighted by Gasteiger charge is -2.18. The van der Waals surface area contributed by atoms with Crippen LogP contribution in [0.15, 0.2) is 22.7 Å². The number of nitrogens with one attached hydrogen (secondary N) is 1. The Morgan fingerprint density at radius 3 is 2.67 bits per heavy atom. The maximum atomic E-state index is 3.77. The molecule has 1 aliphatic heterocycles. The highest BCUT2D eigenvalue weighted by molar-refractivity contribution is 9.10. The number of fused-ring (bicyclic) bond motifs is 1. The minimum absolute atomic E-state index is 0.973. The van der Waals surface area contributed by atoms with Crippen molar-refractivity contribution in [1.29, 1.82) is 0 Å². The summed E-state index contributed by atoms with van der Waals surface area (Å²) < 4.78 is 1.27. The molecule has 2 atom stereocenters. The largest absolute Gasteiger partial charge is 0.313 e.